The summed E-state index contributed by atoms with van der Waals surface area (Å²) in [5, 5.41) is 7.93. The summed E-state index contributed by atoms with van der Waals surface area (Å²) in [5.41, 5.74) is 0. The molecule has 0 aromatic rings. The zero-order valence-corrected chi connectivity index (χ0v) is 5.83. The Bertz CT molecular complexity index is 117. The summed E-state index contributed by atoms with van der Waals surface area (Å²) >= 11 is 1.76. The van der Waals surface area contributed by atoms with Gasteiger partial charge in [-0.3, -0.25) is 0 Å². The molecule has 0 atom stereocenters. The molecular weight excluding hydrogens is 201 g/mol. The standard InChI is InChI=1S/C4H4BrF3O/c5-4(7,8)3(6)1-2-9/h1,9H,2H2. The molecule has 0 rings (SSSR count). The van der Waals surface area contributed by atoms with Crippen molar-refractivity contribution in [3.63, 3.8) is 0 Å². The van der Waals surface area contributed by atoms with Gasteiger partial charge in [0, 0.05) is 0 Å². The van der Waals surface area contributed by atoms with Crippen LogP contribution in [0.15, 0.2) is 11.9 Å². The number of hydrogen-bond acceptors (Lipinski definition) is 1. The lowest BCUT2D eigenvalue weighted by atomic mass is 10.5. The van der Waals surface area contributed by atoms with Crippen LogP contribution in [-0.4, -0.2) is 16.5 Å². The SMILES string of the molecule is OCC=C(F)C(F)(F)Br. The molecular formula is C4H4BrF3O. The van der Waals surface area contributed by atoms with Crippen LogP contribution in [0.2, 0.25) is 0 Å². The quantitative estimate of drug-likeness (QED) is 0.681. The minimum atomic E-state index is -3.64. The van der Waals surface area contributed by atoms with Crippen LogP contribution >= 0.6 is 15.9 Å². The number of rotatable bonds is 2. The van der Waals surface area contributed by atoms with E-state index in [0.717, 1.165) is 0 Å². The van der Waals surface area contributed by atoms with Crippen molar-refractivity contribution in [2.75, 3.05) is 6.61 Å². The number of allylic oxidation sites excluding steroid dienone is 1. The molecule has 0 saturated heterocycles. The summed E-state index contributed by atoms with van der Waals surface area (Å²) in [7, 11) is 0. The molecule has 54 valence electrons. The van der Waals surface area contributed by atoms with E-state index in [1.807, 2.05) is 0 Å². The van der Waals surface area contributed by atoms with Gasteiger partial charge in [0.1, 0.15) is 0 Å². The number of alkyl halides is 3. The predicted molar refractivity (Wildman–Crippen MR) is 30.2 cm³/mol. The van der Waals surface area contributed by atoms with E-state index in [1.165, 1.54) is 0 Å². The van der Waals surface area contributed by atoms with Crippen LogP contribution in [0.3, 0.4) is 0 Å². The largest absolute Gasteiger partial charge is 0.392 e. The molecule has 0 amide bonds. The van der Waals surface area contributed by atoms with Gasteiger partial charge < -0.3 is 5.11 Å². The van der Waals surface area contributed by atoms with Gasteiger partial charge in [-0.15, -0.1) is 0 Å². The summed E-state index contributed by atoms with van der Waals surface area (Å²) in [6.07, 6.45) is 0.384. The summed E-state index contributed by atoms with van der Waals surface area (Å²) in [4.78, 5) is -3.64. The van der Waals surface area contributed by atoms with Crippen LogP contribution in [0.1, 0.15) is 0 Å². The lowest BCUT2D eigenvalue weighted by molar-refractivity contribution is 0.125. The fraction of sp³-hybridized carbons (Fsp3) is 0.500. The summed E-state index contributed by atoms with van der Waals surface area (Å²) in [6.45, 7) is -0.729. The molecule has 0 aromatic heterocycles. The van der Waals surface area contributed by atoms with E-state index in [9.17, 15) is 13.2 Å². The molecule has 0 radical (unpaired) electrons. The Kier molecular flexibility index (Phi) is 3.21. The number of hydrogen-bond donors (Lipinski definition) is 1. The van der Waals surface area contributed by atoms with Gasteiger partial charge in [0.25, 0.3) is 0 Å². The predicted octanol–water partition coefficient (Wildman–Crippen LogP) is 1.82. The third-order valence-corrected chi connectivity index (χ3v) is 0.920. The van der Waals surface area contributed by atoms with E-state index in [1.54, 1.807) is 15.9 Å². The topological polar surface area (TPSA) is 20.2 Å². The molecule has 9 heavy (non-hydrogen) atoms. The first-order valence-corrected chi connectivity index (χ1v) is 2.81. The van der Waals surface area contributed by atoms with Crippen molar-refractivity contribution in [2.45, 2.75) is 4.83 Å². The molecule has 1 nitrogen and oxygen atoms in total. The molecule has 0 aromatic carbocycles. The molecule has 0 saturated carbocycles. The first kappa shape index (κ1) is 8.97. The van der Waals surface area contributed by atoms with Gasteiger partial charge in [-0.25, -0.2) is 4.39 Å². The van der Waals surface area contributed by atoms with Crippen LogP contribution in [0.5, 0.6) is 0 Å². The molecule has 0 aliphatic heterocycles. The maximum atomic E-state index is 11.8. The molecule has 0 heterocycles. The average molecular weight is 205 g/mol. The van der Waals surface area contributed by atoms with Crippen molar-refractivity contribution in [1.82, 2.24) is 0 Å². The Morgan fingerprint density at radius 1 is 1.67 bits per heavy atom. The third kappa shape index (κ3) is 3.53. The second kappa shape index (κ2) is 3.22. The van der Waals surface area contributed by atoms with E-state index in [4.69, 9.17) is 5.11 Å². The molecule has 0 unspecified atom stereocenters. The zero-order chi connectivity index (χ0) is 7.49. The molecule has 5 heteroatoms. The minimum Gasteiger partial charge on any atom is -0.392 e. The van der Waals surface area contributed by atoms with Crippen LogP contribution in [0.25, 0.3) is 0 Å². The fourth-order valence-electron chi connectivity index (χ4n) is 0.196. The van der Waals surface area contributed by atoms with Gasteiger partial charge in [0.05, 0.1) is 6.61 Å². The average Bonchev–Trinajstić information content (AvgIpc) is 1.64. The highest BCUT2D eigenvalue weighted by atomic mass is 79.9. The number of aliphatic hydroxyl groups is 1. The number of halogens is 4. The lowest BCUT2D eigenvalue weighted by Gasteiger charge is -2.02. The summed E-state index contributed by atoms with van der Waals surface area (Å²) in [5.74, 6) is -1.68. The fourth-order valence-corrected chi connectivity index (χ4v) is 0.358. The maximum Gasteiger partial charge on any atom is 0.351 e. The van der Waals surface area contributed by atoms with Crippen molar-refractivity contribution < 1.29 is 18.3 Å². The van der Waals surface area contributed by atoms with Gasteiger partial charge in [0.2, 0.25) is 0 Å². The van der Waals surface area contributed by atoms with Crippen molar-refractivity contribution in [3.05, 3.63) is 11.9 Å². The Hall–Kier alpha value is -0.0300. The second-order valence-corrected chi connectivity index (χ2v) is 2.23. The van der Waals surface area contributed by atoms with Crippen LogP contribution in [0, 0.1) is 0 Å². The van der Waals surface area contributed by atoms with Crippen molar-refractivity contribution in [2.24, 2.45) is 0 Å². The molecule has 0 bridgehead atoms. The van der Waals surface area contributed by atoms with E-state index in [2.05, 4.69) is 0 Å². The Labute approximate surface area is 58.3 Å². The normalized spacial score (nSPS) is 14.1. The lowest BCUT2D eigenvalue weighted by Crippen LogP contribution is -2.05. The first-order chi connectivity index (χ1) is 3.98. The molecule has 0 spiro atoms. The highest BCUT2D eigenvalue weighted by Gasteiger charge is 2.30. The van der Waals surface area contributed by atoms with Crippen molar-refractivity contribution in [1.29, 1.82) is 0 Å². The van der Waals surface area contributed by atoms with Gasteiger partial charge in [0.15, 0.2) is 5.83 Å². The second-order valence-electron chi connectivity index (χ2n) is 1.23. The number of aliphatic hydroxyl groups excluding tert-OH is 1. The molecule has 0 fully saturated rings. The Morgan fingerprint density at radius 2 is 2.11 bits per heavy atom. The van der Waals surface area contributed by atoms with Crippen LogP contribution in [0.4, 0.5) is 13.2 Å². The van der Waals surface area contributed by atoms with Gasteiger partial charge in [-0.2, -0.15) is 8.78 Å². The van der Waals surface area contributed by atoms with Crippen LogP contribution < -0.4 is 0 Å². The highest BCUT2D eigenvalue weighted by Crippen LogP contribution is 2.31. The van der Waals surface area contributed by atoms with E-state index in [-0.39, 0.29) is 0 Å². The van der Waals surface area contributed by atoms with Gasteiger partial charge in [-0.1, -0.05) is 0 Å². The van der Waals surface area contributed by atoms with Gasteiger partial charge >= 0.3 is 4.83 Å². The van der Waals surface area contributed by atoms with E-state index >= 15 is 0 Å². The highest BCUT2D eigenvalue weighted by molar-refractivity contribution is 9.10. The smallest absolute Gasteiger partial charge is 0.351 e. The minimum absolute atomic E-state index is 0.384. The summed E-state index contributed by atoms with van der Waals surface area (Å²) in [6, 6.07) is 0. The van der Waals surface area contributed by atoms with Crippen molar-refractivity contribution in [3.8, 4) is 0 Å². The zero-order valence-electron chi connectivity index (χ0n) is 4.24. The molecule has 0 aliphatic rings. The van der Waals surface area contributed by atoms with E-state index in [0.29, 0.717) is 6.08 Å². The Balaban J connectivity index is 4.03. The Morgan fingerprint density at radius 3 is 2.22 bits per heavy atom. The third-order valence-electron chi connectivity index (χ3n) is 0.541. The van der Waals surface area contributed by atoms with Crippen LogP contribution in [-0.2, 0) is 0 Å². The monoisotopic (exact) mass is 204 g/mol. The molecule has 0 aliphatic carbocycles. The maximum absolute atomic E-state index is 11.8. The molecule has 1 N–H and O–H groups in total. The van der Waals surface area contributed by atoms with E-state index < -0.39 is 17.3 Å². The van der Waals surface area contributed by atoms with Gasteiger partial charge in [-0.05, 0) is 22.0 Å². The first-order valence-electron chi connectivity index (χ1n) is 2.02. The summed E-state index contributed by atoms with van der Waals surface area (Å²) < 4.78 is 35.1. The van der Waals surface area contributed by atoms with Crippen molar-refractivity contribution >= 4 is 15.9 Å².